The van der Waals surface area contributed by atoms with Crippen molar-refractivity contribution < 1.29 is 9.53 Å². The van der Waals surface area contributed by atoms with Crippen molar-refractivity contribution in [3.8, 4) is 0 Å². The van der Waals surface area contributed by atoms with Crippen LogP contribution in [0.1, 0.15) is 44.9 Å². The molecule has 1 atom stereocenters. The van der Waals surface area contributed by atoms with E-state index in [-0.39, 0.29) is 17.6 Å². The van der Waals surface area contributed by atoms with Crippen molar-refractivity contribution in [2.45, 2.75) is 68.8 Å². The van der Waals surface area contributed by atoms with E-state index < -0.39 is 0 Å². The minimum atomic E-state index is -0.0540. The molecule has 2 fully saturated rings. The smallest absolute Gasteiger partial charge is 0.262 e. The zero-order valence-electron chi connectivity index (χ0n) is 17.0. The van der Waals surface area contributed by atoms with Gasteiger partial charge >= 0.3 is 0 Å². The average Bonchev–Trinajstić information content (AvgIpc) is 3.27. The predicted molar refractivity (Wildman–Crippen MR) is 115 cm³/mol. The van der Waals surface area contributed by atoms with Gasteiger partial charge in [0.2, 0.25) is 5.91 Å². The SMILES string of the molecule is CN(C(=O)CSc1nc2ccccc2c(=O)n1CC1CCCO1)C1CCCCC1. The first kappa shape index (κ1) is 20.4. The maximum absolute atomic E-state index is 13.1. The van der Waals surface area contributed by atoms with E-state index in [1.54, 1.807) is 4.57 Å². The highest BCUT2D eigenvalue weighted by molar-refractivity contribution is 7.99. The summed E-state index contributed by atoms with van der Waals surface area (Å²) in [7, 11) is 1.91. The Hall–Kier alpha value is -1.86. The number of nitrogens with zero attached hydrogens (tertiary/aromatic N) is 3. The highest BCUT2D eigenvalue weighted by Crippen LogP contribution is 2.24. The number of carbonyl (C=O) groups is 1. The van der Waals surface area contributed by atoms with Gasteiger partial charge in [0.1, 0.15) is 0 Å². The molecule has 1 aliphatic heterocycles. The number of benzene rings is 1. The second-order valence-corrected chi connectivity index (χ2v) is 8.99. The fourth-order valence-corrected chi connectivity index (χ4v) is 5.24. The summed E-state index contributed by atoms with van der Waals surface area (Å²) >= 11 is 1.36. The van der Waals surface area contributed by atoms with Gasteiger partial charge in [0.15, 0.2) is 5.16 Å². The Bertz CT molecular complexity index is 917. The number of carbonyl (C=O) groups excluding carboxylic acids is 1. The largest absolute Gasteiger partial charge is 0.376 e. The molecule has 1 saturated heterocycles. The molecular weight excluding hydrogens is 386 g/mol. The molecule has 0 radical (unpaired) electrons. The number of amides is 1. The third-order valence-corrected chi connectivity index (χ3v) is 7.04. The molecular formula is C22H29N3O3S. The first-order valence-electron chi connectivity index (χ1n) is 10.6. The minimum Gasteiger partial charge on any atom is -0.376 e. The Morgan fingerprint density at radius 2 is 2.00 bits per heavy atom. The number of rotatable bonds is 6. The van der Waals surface area contributed by atoms with Gasteiger partial charge in [-0.15, -0.1) is 0 Å². The van der Waals surface area contributed by atoms with Gasteiger partial charge in [-0.3, -0.25) is 14.2 Å². The summed E-state index contributed by atoms with van der Waals surface area (Å²) in [6.45, 7) is 1.24. The van der Waals surface area contributed by atoms with Crippen molar-refractivity contribution in [1.29, 1.82) is 0 Å². The zero-order chi connectivity index (χ0) is 20.2. The molecule has 0 bridgehead atoms. The third kappa shape index (κ3) is 4.67. The Labute approximate surface area is 175 Å². The van der Waals surface area contributed by atoms with Gasteiger partial charge in [-0.05, 0) is 37.8 Å². The Morgan fingerprint density at radius 3 is 2.76 bits per heavy atom. The number of ether oxygens (including phenoxy) is 1. The van der Waals surface area contributed by atoms with Gasteiger partial charge in [0.25, 0.3) is 5.56 Å². The molecule has 1 saturated carbocycles. The number of hydrogen-bond acceptors (Lipinski definition) is 5. The lowest BCUT2D eigenvalue weighted by Gasteiger charge is -2.31. The van der Waals surface area contributed by atoms with E-state index >= 15 is 0 Å². The van der Waals surface area contributed by atoms with E-state index in [9.17, 15) is 9.59 Å². The lowest BCUT2D eigenvalue weighted by Crippen LogP contribution is -2.39. The van der Waals surface area contributed by atoms with E-state index in [0.29, 0.717) is 34.4 Å². The molecule has 156 valence electrons. The number of hydrogen-bond donors (Lipinski definition) is 0. The Kier molecular flexibility index (Phi) is 6.55. The maximum Gasteiger partial charge on any atom is 0.262 e. The maximum atomic E-state index is 13.1. The first-order valence-corrected chi connectivity index (χ1v) is 11.6. The van der Waals surface area contributed by atoms with E-state index in [2.05, 4.69) is 0 Å². The van der Waals surface area contributed by atoms with Gasteiger partial charge in [0.05, 0.1) is 29.3 Å². The molecule has 7 heteroatoms. The molecule has 2 aromatic rings. The zero-order valence-corrected chi connectivity index (χ0v) is 17.8. The van der Waals surface area contributed by atoms with Crippen molar-refractivity contribution in [2.75, 3.05) is 19.4 Å². The van der Waals surface area contributed by atoms with Crippen molar-refractivity contribution >= 4 is 28.6 Å². The quantitative estimate of drug-likeness (QED) is 0.534. The lowest BCUT2D eigenvalue weighted by molar-refractivity contribution is -0.129. The molecule has 1 aliphatic carbocycles. The average molecular weight is 416 g/mol. The highest BCUT2D eigenvalue weighted by atomic mass is 32.2. The molecule has 6 nitrogen and oxygen atoms in total. The molecule has 2 heterocycles. The van der Waals surface area contributed by atoms with Crippen LogP contribution in [-0.2, 0) is 16.1 Å². The van der Waals surface area contributed by atoms with Crippen LogP contribution in [0, 0.1) is 0 Å². The normalized spacial score (nSPS) is 20.2. The second kappa shape index (κ2) is 9.30. The minimum absolute atomic E-state index is 0.0376. The van der Waals surface area contributed by atoms with Crippen LogP contribution < -0.4 is 5.56 Å². The lowest BCUT2D eigenvalue weighted by atomic mass is 9.94. The third-order valence-electron chi connectivity index (χ3n) is 6.08. The number of fused-ring (bicyclic) bond motifs is 1. The van der Waals surface area contributed by atoms with Crippen LogP contribution in [0.4, 0.5) is 0 Å². The molecule has 1 unspecified atom stereocenters. The van der Waals surface area contributed by atoms with Crippen LogP contribution in [0.5, 0.6) is 0 Å². The van der Waals surface area contributed by atoms with Crippen molar-refractivity contribution in [2.24, 2.45) is 0 Å². The van der Waals surface area contributed by atoms with Crippen molar-refractivity contribution in [1.82, 2.24) is 14.5 Å². The van der Waals surface area contributed by atoms with Crippen molar-refractivity contribution in [3.05, 3.63) is 34.6 Å². The molecule has 1 aromatic heterocycles. The van der Waals surface area contributed by atoms with Gasteiger partial charge < -0.3 is 9.64 Å². The summed E-state index contributed by atoms with van der Waals surface area (Å²) in [6.07, 6.45) is 7.85. The van der Waals surface area contributed by atoms with E-state index in [0.717, 1.165) is 32.3 Å². The van der Waals surface area contributed by atoms with Gasteiger partial charge in [-0.25, -0.2) is 4.98 Å². The second-order valence-electron chi connectivity index (χ2n) is 8.05. The Morgan fingerprint density at radius 1 is 1.21 bits per heavy atom. The van der Waals surface area contributed by atoms with Gasteiger partial charge in [-0.2, -0.15) is 0 Å². The summed E-state index contributed by atoms with van der Waals surface area (Å²) in [5.74, 6) is 0.400. The number of thioether (sulfide) groups is 1. The highest BCUT2D eigenvalue weighted by Gasteiger charge is 2.24. The molecule has 4 rings (SSSR count). The van der Waals surface area contributed by atoms with Gasteiger partial charge in [0, 0.05) is 19.7 Å². The van der Waals surface area contributed by atoms with Crippen LogP contribution in [0.3, 0.4) is 0 Å². The van der Waals surface area contributed by atoms with E-state index in [1.165, 1.54) is 31.0 Å². The van der Waals surface area contributed by atoms with Crippen LogP contribution >= 0.6 is 11.8 Å². The predicted octanol–water partition coefficient (Wildman–Crippen LogP) is 3.46. The van der Waals surface area contributed by atoms with Crippen LogP contribution in [0.25, 0.3) is 10.9 Å². The molecule has 29 heavy (non-hydrogen) atoms. The fraction of sp³-hybridized carbons (Fsp3) is 0.591. The van der Waals surface area contributed by atoms with Crippen molar-refractivity contribution in [3.63, 3.8) is 0 Å². The van der Waals surface area contributed by atoms with Crippen LogP contribution in [0.15, 0.2) is 34.2 Å². The molecule has 1 aromatic carbocycles. The van der Waals surface area contributed by atoms with Crippen LogP contribution in [0.2, 0.25) is 0 Å². The van der Waals surface area contributed by atoms with E-state index in [4.69, 9.17) is 9.72 Å². The monoisotopic (exact) mass is 415 g/mol. The van der Waals surface area contributed by atoms with Crippen LogP contribution in [-0.4, -0.2) is 51.9 Å². The number of aromatic nitrogens is 2. The summed E-state index contributed by atoms with van der Waals surface area (Å²) in [6, 6.07) is 7.75. The molecule has 1 amide bonds. The van der Waals surface area contributed by atoms with Gasteiger partial charge in [-0.1, -0.05) is 43.2 Å². The summed E-state index contributed by atoms with van der Waals surface area (Å²) in [5.41, 5.74) is 0.623. The summed E-state index contributed by atoms with van der Waals surface area (Å²) in [4.78, 5) is 32.5. The first-order chi connectivity index (χ1) is 14.1. The number of para-hydroxylation sites is 1. The molecule has 0 spiro atoms. The summed E-state index contributed by atoms with van der Waals surface area (Å²) in [5, 5.41) is 1.22. The standard InChI is InChI=1S/C22H29N3O3S/c1-24(16-8-3-2-4-9-16)20(26)15-29-22-23-19-12-6-5-11-18(19)21(27)25(22)14-17-10-7-13-28-17/h5-6,11-12,16-17H,2-4,7-10,13-15H2,1H3. The summed E-state index contributed by atoms with van der Waals surface area (Å²) < 4.78 is 7.46. The Balaban J connectivity index is 1.54. The topological polar surface area (TPSA) is 64.4 Å². The van der Waals surface area contributed by atoms with E-state index in [1.807, 2.05) is 36.2 Å². The molecule has 2 aliphatic rings. The molecule has 0 N–H and O–H groups in total. The fourth-order valence-electron chi connectivity index (χ4n) is 4.31.